The van der Waals surface area contributed by atoms with E-state index in [1.807, 2.05) is 6.26 Å². The third kappa shape index (κ3) is 2.76. The van der Waals surface area contributed by atoms with E-state index in [9.17, 15) is 0 Å². The molecule has 2 atom stereocenters. The summed E-state index contributed by atoms with van der Waals surface area (Å²) < 4.78 is 5.79. The number of hydrogen-bond acceptors (Lipinski definition) is 1. The summed E-state index contributed by atoms with van der Waals surface area (Å²) in [7, 11) is 0. The summed E-state index contributed by atoms with van der Waals surface area (Å²) in [5, 5.41) is 0. The lowest BCUT2D eigenvalue weighted by Crippen LogP contribution is -2.16. The molecule has 86 valence electrons. The molecule has 2 unspecified atom stereocenters. The van der Waals surface area contributed by atoms with Gasteiger partial charge in [-0.25, -0.2) is 0 Å². The first-order chi connectivity index (χ1) is 7.37. The fraction of sp³-hybridized carbons (Fsp3) is 0.857. The van der Waals surface area contributed by atoms with Gasteiger partial charge in [0.05, 0.1) is 6.26 Å². The zero-order valence-electron chi connectivity index (χ0n) is 10.0. The van der Waals surface area contributed by atoms with E-state index >= 15 is 0 Å². The Balaban J connectivity index is 1.53. The van der Waals surface area contributed by atoms with E-state index in [0.717, 1.165) is 5.92 Å². The topological polar surface area (TPSA) is 9.23 Å². The molecule has 0 aromatic heterocycles. The molecule has 0 bridgehead atoms. The summed E-state index contributed by atoms with van der Waals surface area (Å²) in [4.78, 5) is 0. The minimum Gasteiger partial charge on any atom is -0.495 e. The highest BCUT2D eigenvalue weighted by atomic mass is 16.5. The van der Waals surface area contributed by atoms with Gasteiger partial charge in [0.15, 0.2) is 0 Å². The molecule has 1 saturated carbocycles. The summed E-state index contributed by atoms with van der Waals surface area (Å²) >= 11 is 0. The Bertz CT molecular complexity index is 221. The van der Waals surface area contributed by atoms with Crippen molar-refractivity contribution in [3.63, 3.8) is 0 Å². The second kappa shape index (κ2) is 5.05. The Morgan fingerprint density at radius 3 is 2.80 bits per heavy atom. The van der Waals surface area contributed by atoms with Crippen LogP contribution in [0.15, 0.2) is 12.3 Å². The van der Waals surface area contributed by atoms with Crippen LogP contribution >= 0.6 is 0 Å². The zero-order chi connectivity index (χ0) is 10.6. The van der Waals surface area contributed by atoms with Crippen molar-refractivity contribution in [2.24, 2.45) is 5.92 Å². The average Bonchev–Trinajstić information content (AvgIpc) is 2.98. The fourth-order valence-corrected chi connectivity index (χ4v) is 2.77. The van der Waals surface area contributed by atoms with Crippen molar-refractivity contribution in [2.45, 2.75) is 70.3 Å². The SMILES string of the molecule is CCCCCCCCC12CC1CC=CO2. The second-order valence-corrected chi connectivity index (χ2v) is 5.21. The monoisotopic (exact) mass is 208 g/mol. The minimum atomic E-state index is 0.305. The van der Waals surface area contributed by atoms with Crippen LogP contribution in [0.3, 0.4) is 0 Å². The molecule has 15 heavy (non-hydrogen) atoms. The van der Waals surface area contributed by atoms with Crippen LogP contribution in [-0.4, -0.2) is 5.60 Å². The third-order valence-corrected chi connectivity index (χ3v) is 3.95. The van der Waals surface area contributed by atoms with Gasteiger partial charge in [0, 0.05) is 5.92 Å². The Labute approximate surface area is 93.9 Å². The molecule has 0 amide bonds. The van der Waals surface area contributed by atoms with Gasteiger partial charge in [-0.15, -0.1) is 0 Å². The maximum atomic E-state index is 5.79. The van der Waals surface area contributed by atoms with Crippen LogP contribution in [0.5, 0.6) is 0 Å². The van der Waals surface area contributed by atoms with Crippen LogP contribution in [-0.2, 0) is 4.74 Å². The fourth-order valence-electron chi connectivity index (χ4n) is 2.77. The van der Waals surface area contributed by atoms with Crippen LogP contribution < -0.4 is 0 Å². The highest BCUT2D eigenvalue weighted by Gasteiger charge is 2.55. The lowest BCUT2D eigenvalue weighted by atomic mass is 10.0. The van der Waals surface area contributed by atoms with Crippen LogP contribution in [0, 0.1) is 5.92 Å². The molecular formula is C14H24O. The highest BCUT2D eigenvalue weighted by molar-refractivity contribution is 5.11. The van der Waals surface area contributed by atoms with Crippen molar-refractivity contribution in [3.8, 4) is 0 Å². The van der Waals surface area contributed by atoms with Gasteiger partial charge >= 0.3 is 0 Å². The molecule has 0 aromatic carbocycles. The van der Waals surface area contributed by atoms with Crippen molar-refractivity contribution >= 4 is 0 Å². The number of rotatable bonds is 7. The largest absolute Gasteiger partial charge is 0.495 e. The minimum absolute atomic E-state index is 0.305. The molecule has 1 aliphatic heterocycles. The molecular weight excluding hydrogens is 184 g/mol. The van der Waals surface area contributed by atoms with Gasteiger partial charge in [0.1, 0.15) is 5.60 Å². The van der Waals surface area contributed by atoms with Gasteiger partial charge in [-0.1, -0.05) is 39.0 Å². The molecule has 1 heteroatoms. The number of unbranched alkanes of at least 4 members (excludes halogenated alkanes) is 5. The summed E-state index contributed by atoms with van der Waals surface area (Å²) in [6.07, 6.45) is 16.4. The summed E-state index contributed by atoms with van der Waals surface area (Å²) in [6.45, 7) is 2.27. The van der Waals surface area contributed by atoms with Crippen LogP contribution in [0.25, 0.3) is 0 Å². The van der Waals surface area contributed by atoms with Crippen LogP contribution in [0.4, 0.5) is 0 Å². The first-order valence-corrected chi connectivity index (χ1v) is 6.70. The molecule has 0 N–H and O–H groups in total. The van der Waals surface area contributed by atoms with Gasteiger partial charge in [-0.3, -0.25) is 0 Å². The molecule has 0 spiro atoms. The van der Waals surface area contributed by atoms with Gasteiger partial charge < -0.3 is 4.74 Å². The van der Waals surface area contributed by atoms with E-state index < -0.39 is 0 Å². The van der Waals surface area contributed by atoms with Crippen molar-refractivity contribution in [1.82, 2.24) is 0 Å². The van der Waals surface area contributed by atoms with Crippen molar-refractivity contribution in [2.75, 3.05) is 0 Å². The zero-order valence-corrected chi connectivity index (χ0v) is 10.0. The van der Waals surface area contributed by atoms with E-state index in [2.05, 4.69) is 13.0 Å². The normalized spacial score (nSPS) is 32.2. The smallest absolute Gasteiger partial charge is 0.112 e. The van der Waals surface area contributed by atoms with E-state index in [0.29, 0.717) is 5.60 Å². The van der Waals surface area contributed by atoms with E-state index in [1.165, 1.54) is 57.8 Å². The van der Waals surface area contributed by atoms with E-state index in [-0.39, 0.29) is 0 Å². The van der Waals surface area contributed by atoms with Crippen molar-refractivity contribution < 1.29 is 4.74 Å². The Morgan fingerprint density at radius 1 is 1.20 bits per heavy atom. The van der Waals surface area contributed by atoms with Gasteiger partial charge in [-0.05, 0) is 31.8 Å². The van der Waals surface area contributed by atoms with E-state index in [4.69, 9.17) is 4.74 Å². The number of allylic oxidation sites excluding steroid dienone is 1. The molecule has 0 saturated heterocycles. The lowest BCUT2D eigenvalue weighted by molar-refractivity contribution is 0.0834. The summed E-state index contributed by atoms with van der Waals surface area (Å²) in [5.41, 5.74) is 0.305. The Morgan fingerprint density at radius 2 is 2.00 bits per heavy atom. The maximum absolute atomic E-state index is 5.79. The molecule has 1 aliphatic carbocycles. The first kappa shape index (κ1) is 11.0. The summed E-state index contributed by atoms with van der Waals surface area (Å²) in [6, 6.07) is 0. The van der Waals surface area contributed by atoms with Crippen molar-refractivity contribution in [1.29, 1.82) is 0 Å². The maximum Gasteiger partial charge on any atom is 0.112 e. The number of ether oxygens (including phenoxy) is 1. The van der Waals surface area contributed by atoms with E-state index in [1.54, 1.807) is 0 Å². The molecule has 1 fully saturated rings. The first-order valence-electron chi connectivity index (χ1n) is 6.70. The molecule has 1 heterocycles. The van der Waals surface area contributed by atoms with Crippen molar-refractivity contribution in [3.05, 3.63) is 12.3 Å². The third-order valence-electron chi connectivity index (χ3n) is 3.95. The van der Waals surface area contributed by atoms with Crippen LogP contribution in [0.2, 0.25) is 0 Å². The lowest BCUT2D eigenvalue weighted by Gasteiger charge is -2.19. The summed E-state index contributed by atoms with van der Waals surface area (Å²) in [5.74, 6) is 0.859. The van der Waals surface area contributed by atoms with Gasteiger partial charge in [0.2, 0.25) is 0 Å². The number of fused-ring (bicyclic) bond motifs is 1. The Hall–Kier alpha value is -0.460. The number of hydrogen-bond donors (Lipinski definition) is 0. The molecule has 2 rings (SSSR count). The predicted molar refractivity (Wildman–Crippen MR) is 63.7 cm³/mol. The van der Waals surface area contributed by atoms with Gasteiger partial charge in [0.25, 0.3) is 0 Å². The standard InChI is InChI=1S/C14H24O/c1-2-3-4-5-6-7-10-14-12-13(14)9-8-11-15-14/h8,11,13H,2-7,9-10,12H2,1H3. The predicted octanol–water partition coefficient (Wildman–Crippen LogP) is 4.43. The quantitative estimate of drug-likeness (QED) is 0.562. The highest BCUT2D eigenvalue weighted by Crippen LogP contribution is 2.54. The molecule has 0 aromatic rings. The molecule has 2 aliphatic rings. The van der Waals surface area contributed by atoms with Crippen LogP contribution in [0.1, 0.15) is 64.7 Å². The van der Waals surface area contributed by atoms with Gasteiger partial charge in [-0.2, -0.15) is 0 Å². The molecule has 1 nitrogen and oxygen atoms in total. The average molecular weight is 208 g/mol. The second-order valence-electron chi connectivity index (χ2n) is 5.21. The molecule has 0 radical (unpaired) electrons. The Kier molecular flexibility index (Phi) is 3.71.